The molecule has 0 N–H and O–H groups in total. The first-order chi connectivity index (χ1) is 11.0. The van der Waals surface area contributed by atoms with Crippen LogP contribution in [-0.2, 0) is 17.8 Å². The second-order valence-electron chi connectivity index (χ2n) is 6.61. The quantitative estimate of drug-likeness (QED) is 0.549. The van der Waals surface area contributed by atoms with Gasteiger partial charge in [-0.1, -0.05) is 43.3 Å². The van der Waals surface area contributed by atoms with Crippen molar-refractivity contribution >= 4 is 0 Å². The molecule has 0 aromatic heterocycles. The van der Waals surface area contributed by atoms with Crippen LogP contribution in [0.1, 0.15) is 57.1 Å². The van der Waals surface area contributed by atoms with Crippen molar-refractivity contribution in [1.82, 2.24) is 0 Å². The molecule has 0 atom stereocenters. The number of aryl methyl sites for hydroxylation is 1. The van der Waals surface area contributed by atoms with E-state index in [-0.39, 0.29) is 18.9 Å². The fraction of sp³-hybridized carbons (Fsp3) is 0.600. The number of benzene rings is 1. The summed E-state index contributed by atoms with van der Waals surface area (Å²) in [7, 11) is 0. The first kappa shape index (κ1) is 18.1. The Kier molecular flexibility index (Phi) is 6.76. The van der Waals surface area contributed by atoms with Crippen molar-refractivity contribution in [3.05, 3.63) is 47.5 Å². The third-order valence-corrected chi connectivity index (χ3v) is 4.76. The minimum Gasteiger partial charge on any atom is -0.316 e. The van der Waals surface area contributed by atoms with Gasteiger partial charge in [0.25, 0.3) is 0 Å². The lowest BCUT2D eigenvalue weighted by atomic mass is 9.80. The number of halogens is 2. The molecule has 0 radical (unpaired) electrons. The van der Waals surface area contributed by atoms with Crippen LogP contribution in [0.25, 0.3) is 0 Å². The lowest BCUT2D eigenvalue weighted by Crippen LogP contribution is -2.26. The van der Waals surface area contributed by atoms with Crippen molar-refractivity contribution < 1.29 is 13.5 Å². The lowest BCUT2D eigenvalue weighted by molar-refractivity contribution is -0.256. The average molecular weight is 322 g/mol. The Balaban J connectivity index is 1.77. The van der Waals surface area contributed by atoms with E-state index >= 15 is 0 Å². The summed E-state index contributed by atoms with van der Waals surface area (Å²) < 4.78 is 33.0. The minimum atomic E-state index is -3.03. The van der Waals surface area contributed by atoms with Gasteiger partial charge in [-0.05, 0) is 62.0 Å². The largest absolute Gasteiger partial charge is 0.356 e. The summed E-state index contributed by atoms with van der Waals surface area (Å²) in [4.78, 5) is 0. The maximum atomic E-state index is 14.0. The third-order valence-electron chi connectivity index (χ3n) is 4.76. The summed E-state index contributed by atoms with van der Waals surface area (Å²) in [5.74, 6) is 0.650. The molecule has 0 bridgehead atoms. The molecule has 1 nitrogen and oxygen atoms in total. The summed E-state index contributed by atoms with van der Waals surface area (Å²) in [6.07, 6.45) is 5.82. The van der Waals surface area contributed by atoms with Gasteiger partial charge in [-0.15, -0.1) is 0 Å². The first-order valence-electron chi connectivity index (χ1n) is 8.75. The van der Waals surface area contributed by atoms with Crippen molar-refractivity contribution in [1.29, 1.82) is 0 Å². The molecule has 0 amide bonds. The molecule has 1 aliphatic rings. The topological polar surface area (TPSA) is 9.23 Å². The molecule has 128 valence electrons. The second kappa shape index (κ2) is 8.58. The Bertz CT molecular complexity index is 485. The zero-order chi connectivity index (χ0) is 16.7. The van der Waals surface area contributed by atoms with Crippen molar-refractivity contribution in [2.45, 2.75) is 65.1 Å². The van der Waals surface area contributed by atoms with Gasteiger partial charge >= 0.3 is 6.11 Å². The molecule has 0 heterocycles. The van der Waals surface area contributed by atoms with Crippen LogP contribution < -0.4 is 0 Å². The summed E-state index contributed by atoms with van der Waals surface area (Å²) in [5, 5.41) is 0. The van der Waals surface area contributed by atoms with Crippen LogP contribution >= 0.6 is 0 Å². The Morgan fingerprint density at radius 1 is 1.09 bits per heavy atom. The van der Waals surface area contributed by atoms with Crippen LogP contribution in [0.3, 0.4) is 0 Å². The maximum absolute atomic E-state index is 14.0. The Morgan fingerprint density at radius 2 is 1.70 bits per heavy atom. The van der Waals surface area contributed by atoms with Crippen LogP contribution in [0, 0.1) is 11.8 Å². The van der Waals surface area contributed by atoms with Gasteiger partial charge in [-0.25, -0.2) is 0 Å². The molecule has 1 aromatic carbocycles. The molecule has 23 heavy (non-hydrogen) atoms. The molecule has 0 aliphatic heterocycles. The van der Waals surface area contributed by atoms with Crippen LogP contribution in [-0.4, -0.2) is 6.11 Å². The number of hydrogen-bond acceptors (Lipinski definition) is 1. The fourth-order valence-electron chi connectivity index (χ4n) is 3.31. The van der Waals surface area contributed by atoms with E-state index < -0.39 is 6.11 Å². The Labute approximate surface area is 138 Å². The number of ether oxygens (including phenoxy) is 1. The van der Waals surface area contributed by atoms with E-state index in [1.807, 2.05) is 31.2 Å². The molecular formula is C20H28F2O. The van der Waals surface area contributed by atoms with E-state index in [0.717, 1.165) is 37.7 Å². The number of alkyl halides is 2. The summed E-state index contributed by atoms with van der Waals surface area (Å²) >= 11 is 0. The SMILES string of the molecule is C/C=C/C1CCC(CC(F)(F)OCc2ccc(CC)cc2)CC1. The van der Waals surface area contributed by atoms with Crippen molar-refractivity contribution in [2.75, 3.05) is 0 Å². The molecule has 0 unspecified atom stereocenters. The monoisotopic (exact) mass is 322 g/mol. The molecular weight excluding hydrogens is 294 g/mol. The van der Waals surface area contributed by atoms with Gasteiger partial charge in [0.05, 0.1) is 6.61 Å². The lowest BCUT2D eigenvalue weighted by Gasteiger charge is -2.29. The summed E-state index contributed by atoms with van der Waals surface area (Å²) in [6, 6.07) is 7.69. The first-order valence-corrected chi connectivity index (χ1v) is 8.75. The smallest absolute Gasteiger partial charge is 0.316 e. The minimum absolute atomic E-state index is 0.0229. The molecule has 0 saturated heterocycles. The van der Waals surface area contributed by atoms with E-state index in [0.29, 0.717) is 5.92 Å². The number of rotatable bonds is 7. The fourth-order valence-corrected chi connectivity index (χ4v) is 3.31. The van der Waals surface area contributed by atoms with E-state index in [1.54, 1.807) is 0 Å². The zero-order valence-electron chi connectivity index (χ0n) is 14.2. The van der Waals surface area contributed by atoms with E-state index in [4.69, 9.17) is 4.74 Å². The molecule has 0 spiro atoms. The normalized spacial score (nSPS) is 22.6. The van der Waals surface area contributed by atoms with Gasteiger partial charge in [0.15, 0.2) is 0 Å². The highest BCUT2D eigenvalue weighted by Crippen LogP contribution is 2.37. The number of hydrogen-bond donors (Lipinski definition) is 0. The average Bonchev–Trinajstić information content (AvgIpc) is 2.55. The molecule has 2 rings (SSSR count). The van der Waals surface area contributed by atoms with Gasteiger partial charge in [-0.2, -0.15) is 8.78 Å². The summed E-state index contributed by atoms with van der Waals surface area (Å²) in [6.45, 7) is 4.07. The predicted octanol–water partition coefficient (Wildman–Crippen LogP) is 6.13. The zero-order valence-corrected chi connectivity index (χ0v) is 14.2. The highest BCUT2D eigenvalue weighted by molar-refractivity contribution is 5.21. The van der Waals surface area contributed by atoms with Crippen LogP contribution in [0.4, 0.5) is 8.78 Å². The predicted molar refractivity (Wildman–Crippen MR) is 90.4 cm³/mol. The molecule has 3 heteroatoms. The second-order valence-corrected chi connectivity index (χ2v) is 6.61. The highest BCUT2D eigenvalue weighted by Gasteiger charge is 2.35. The van der Waals surface area contributed by atoms with Gasteiger partial charge in [0, 0.05) is 6.42 Å². The van der Waals surface area contributed by atoms with Crippen molar-refractivity contribution in [2.24, 2.45) is 11.8 Å². The van der Waals surface area contributed by atoms with Crippen molar-refractivity contribution in [3.8, 4) is 0 Å². The van der Waals surface area contributed by atoms with Crippen LogP contribution in [0.15, 0.2) is 36.4 Å². The van der Waals surface area contributed by atoms with E-state index in [2.05, 4.69) is 19.1 Å². The van der Waals surface area contributed by atoms with E-state index in [9.17, 15) is 8.78 Å². The molecule has 1 saturated carbocycles. The summed E-state index contributed by atoms with van der Waals surface area (Å²) in [5.41, 5.74) is 2.01. The van der Waals surface area contributed by atoms with Crippen LogP contribution in [0.2, 0.25) is 0 Å². The van der Waals surface area contributed by atoms with Crippen LogP contribution in [0.5, 0.6) is 0 Å². The molecule has 1 aliphatic carbocycles. The van der Waals surface area contributed by atoms with Crippen molar-refractivity contribution in [3.63, 3.8) is 0 Å². The maximum Gasteiger partial charge on any atom is 0.356 e. The van der Waals surface area contributed by atoms with Gasteiger partial charge in [-0.3, -0.25) is 0 Å². The molecule has 1 aromatic rings. The Hall–Kier alpha value is -1.22. The highest BCUT2D eigenvalue weighted by atomic mass is 19.3. The van der Waals surface area contributed by atoms with Gasteiger partial charge in [0.2, 0.25) is 0 Å². The van der Waals surface area contributed by atoms with Gasteiger partial charge in [0.1, 0.15) is 0 Å². The standard InChI is InChI=1S/C20H28F2O/c1-3-5-17-8-10-18(11-9-17)14-20(21,22)23-15-19-12-6-16(4-2)7-13-19/h3,5-7,12-13,17-18H,4,8-11,14-15H2,1-2H3/b5-3+. The van der Waals surface area contributed by atoms with E-state index in [1.165, 1.54) is 5.56 Å². The number of allylic oxidation sites excluding steroid dienone is 2. The molecule has 1 fully saturated rings. The third kappa shape index (κ3) is 6.06. The van der Waals surface area contributed by atoms with Gasteiger partial charge < -0.3 is 4.74 Å². The Morgan fingerprint density at radius 3 is 2.26 bits per heavy atom.